The first-order valence-electron chi connectivity index (χ1n) is 6.05. The molecule has 0 radical (unpaired) electrons. The van der Waals surface area contributed by atoms with Crippen molar-refractivity contribution in [1.82, 2.24) is 0 Å². The summed E-state index contributed by atoms with van der Waals surface area (Å²) in [5.41, 5.74) is 1.01. The summed E-state index contributed by atoms with van der Waals surface area (Å²) < 4.78 is 22.0. The van der Waals surface area contributed by atoms with Gasteiger partial charge in [0.1, 0.15) is 11.3 Å². The van der Waals surface area contributed by atoms with Crippen LogP contribution >= 0.6 is 0 Å². The van der Waals surface area contributed by atoms with Gasteiger partial charge < -0.3 is 5.32 Å². The van der Waals surface area contributed by atoms with E-state index in [4.69, 9.17) is 0 Å². The van der Waals surface area contributed by atoms with Gasteiger partial charge in [-0.25, -0.2) is 8.42 Å². The molecule has 1 aromatic carbocycles. The lowest BCUT2D eigenvalue weighted by atomic mass is 10.1. The lowest BCUT2D eigenvalue weighted by Crippen LogP contribution is -2.53. The van der Waals surface area contributed by atoms with Crippen LogP contribution in [-0.2, 0) is 19.4 Å². The lowest BCUT2D eigenvalue weighted by Gasteiger charge is -2.34. The van der Waals surface area contributed by atoms with Crippen LogP contribution in [0.5, 0.6) is 0 Å². The van der Waals surface area contributed by atoms with Crippen molar-refractivity contribution in [3.8, 4) is 0 Å². The molecule has 20 heavy (non-hydrogen) atoms. The predicted octanol–water partition coefficient (Wildman–Crippen LogP) is 0.795. The normalized spacial score (nSPS) is 15.6. The van der Waals surface area contributed by atoms with E-state index in [-0.39, 0.29) is 12.5 Å². The van der Waals surface area contributed by atoms with Gasteiger partial charge in [-0.1, -0.05) is 12.1 Å². The molecule has 6 nitrogen and oxygen atoms in total. The summed E-state index contributed by atoms with van der Waals surface area (Å²) in [5.74, 6) is -0.955. The van der Waals surface area contributed by atoms with Crippen LogP contribution in [-0.4, -0.2) is 37.8 Å². The predicted molar refractivity (Wildman–Crippen MR) is 76.3 cm³/mol. The zero-order valence-corrected chi connectivity index (χ0v) is 12.3. The van der Waals surface area contributed by atoms with E-state index in [2.05, 4.69) is 5.32 Å². The van der Waals surface area contributed by atoms with E-state index >= 15 is 0 Å². The highest BCUT2D eigenvalue weighted by Gasteiger charge is 2.43. The zero-order valence-electron chi connectivity index (χ0n) is 11.5. The number of carbonyl (C=O) groups is 2. The number of nitrogens with zero attached hydrogens (tertiary/aromatic N) is 1. The topological polar surface area (TPSA) is 83.6 Å². The maximum atomic E-state index is 12.5. The van der Waals surface area contributed by atoms with Gasteiger partial charge in [0, 0.05) is 6.26 Å². The van der Waals surface area contributed by atoms with Crippen LogP contribution in [0.2, 0.25) is 0 Å². The van der Waals surface area contributed by atoms with Crippen LogP contribution in [0.3, 0.4) is 0 Å². The van der Waals surface area contributed by atoms with E-state index in [1.807, 2.05) is 0 Å². The fraction of sp³-hybridized carbons (Fsp3) is 0.385. The number of fused-ring (bicyclic) bond motifs is 1. The number of amides is 2. The average Bonchev–Trinajstić information content (AvgIpc) is 2.35. The monoisotopic (exact) mass is 296 g/mol. The molecule has 0 spiro atoms. The van der Waals surface area contributed by atoms with Gasteiger partial charge in [-0.3, -0.25) is 14.5 Å². The first-order chi connectivity index (χ1) is 9.14. The molecule has 1 aliphatic rings. The SMILES string of the molecule is CC(C)(C(=O)N1CC(=O)Nc2ccccc21)S(C)(=O)=O. The van der Waals surface area contributed by atoms with Crippen molar-refractivity contribution in [3.05, 3.63) is 24.3 Å². The van der Waals surface area contributed by atoms with Crippen LogP contribution in [0.1, 0.15) is 13.8 Å². The first-order valence-corrected chi connectivity index (χ1v) is 7.94. The summed E-state index contributed by atoms with van der Waals surface area (Å²) in [4.78, 5) is 25.4. The largest absolute Gasteiger partial charge is 0.323 e. The number of nitrogens with one attached hydrogen (secondary N) is 1. The third-order valence-corrected chi connectivity index (χ3v) is 5.49. The molecule has 0 saturated heterocycles. The minimum Gasteiger partial charge on any atom is -0.323 e. The van der Waals surface area contributed by atoms with Gasteiger partial charge in [-0.05, 0) is 26.0 Å². The summed E-state index contributed by atoms with van der Waals surface area (Å²) >= 11 is 0. The molecule has 2 rings (SSSR count). The Morgan fingerprint density at radius 3 is 2.50 bits per heavy atom. The lowest BCUT2D eigenvalue weighted by molar-refractivity contribution is -0.123. The molecule has 0 saturated carbocycles. The second-order valence-corrected chi connectivity index (χ2v) is 7.80. The van der Waals surface area contributed by atoms with E-state index < -0.39 is 20.5 Å². The van der Waals surface area contributed by atoms with Gasteiger partial charge in [0.25, 0.3) is 0 Å². The fourth-order valence-corrected chi connectivity index (χ4v) is 2.33. The third kappa shape index (κ3) is 2.29. The molecule has 1 heterocycles. The molecule has 0 aromatic heterocycles. The summed E-state index contributed by atoms with van der Waals surface area (Å²) in [6.45, 7) is 2.51. The van der Waals surface area contributed by atoms with Gasteiger partial charge in [0.2, 0.25) is 11.8 Å². The summed E-state index contributed by atoms with van der Waals surface area (Å²) in [7, 11) is -3.59. The molecule has 108 valence electrons. The Morgan fingerprint density at radius 1 is 1.30 bits per heavy atom. The van der Waals surface area contributed by atoms with Crippen molar-refractivity contribution >= 4 is 33.0 Å². The average molecular weight is 296 g/mol. The number of anilines is 2. The van der Waals surface area contributed by atoms with Crippen LogP contribution in [0.4, 0.5) is 11.4 Å². The maximum absolute atomic E-state index is 12.5. The molecule has 2 amide bonds. The molecule has 0 unspecified atom stereocenters. The van der Waals surface area contributed by atoms with Crippen LogP contribution < -0.4 is 10.2 Å². The van der Waals surface area contributed by atoms with Crippen LogP contribution in [0, 0.1) is 0 Å². The van der Waals surface area contributed by atoms with Crippen molar-refractivity contribution in [2.75, 3.05) is 23.0 Å². The molecule has 1 aliphatic heterocycles. The van der Waals surface area contributed by atoms with Gasteiger partial charge in [0.15, 0.2) is 9.84 Å². The Labute approximate surface area is 117 Å². The molecule has 1 aromatic rings. The highest BCUT2D eigenvalue weighted by molar-refractivity contribution is 7.92. The third-order valence-electron chi connectivity index (χ3n) is 3.46. The van der Waals surface area contributed by atoms with Crippen LogP contribution in [0.15, 0.2) is 24.3 Å². The van der Waals surface area contributed by atoms with Crippen molar-refractivity contribution in [2.24, 2.45) is 0 Å². The number of carbonyl (C=O) groups excluding carboxylic acids is 2. The quantitative estimate of drug-likeness (QED) is 0.874. The summed E-state index contributed by atoms with van der Waals surface area (Å²) in [6.07, 6.45) is 1.01. The van der Waals surface area contributed by atoms with Gasteiger partial charge in [-0.2, -0.15) is 0 Å². The number of benzene rings is 1. The van der Waals surface area contributed by atoms with Crippen molar-refractivity contribution in [1.29, 1.82) is 0 Å². The fourth-order valence-electron chi connectivity index (χ4n) is 1.90. The van der Waals surface area contributed by atoms with E-state index in [1.165, 1.54) is 18.7 Å². The number of sulfone groups is 1. The Bertz CT molecular complexity index is 679. The smallest absolute Gasteiger partial charge is 0.248 e. The molecule has 0 bridgehead atoms. The van der Waals surface area contributed by atoms with E-state index in [1.54, 1.807) is 24.3 Å². The highest BCUT2D eigenvalue weighted by Crippen LogP contribution is 2.32. The Kier molecular flexibility index (Phi) is 3.33. The zero-order chi connectivity index (χ0) is 15.1. The molecule has 7 heteroatoms. The molecular weight excluding hydrogens is 280 g/mol. The standard InChI is InChI=1S/C13H16N2O4S/c1-13(2,20(3,18)19)12(17)15-8-11(16)14-9-6-4-5-7-10(9)15/h4-7H,8H2,1-3H3,(H,14,16). The van der Waals surface area contributed by atoms with E-state index in [9.17, 15) is 18.0 Å². The molecule has 0 aliphatic carbocycles. The highest BCUT2D eigenvalue weighted by atomic mass is 32.2. The molecular formula is C13H16N2O4S. The molecule has 1 N–H and O–H groups in total. The summed E-state index contributed by atoms with van der Waals surface area (Å²) in [6, 6.07) is 6.80. The number of para-hydroxylation sites is 2. The maximum Gasteiger partial charge on any atom is 0.248 e. The molecule has 0 atom stereocenters. The molecule has 0 fully saturated rings. The van der Waals surface area contributed by atoms with Gasteiger partial charge in [0.05, 0.1) is 11.4 Å². The van der Waals surface area contributed by atoms with Crippen molar-refractivity contribution in [3.63, 3.8) is 0 Å². The van der Waals surface area contributed by atoms with Gasteiger partial charge in [-0.15, -0.1) is 0 Å². The van der Waals surface area contributed by atoms with Gasteiger partial charge >= 0.3 is 0 Å². The minimum absolute atomic E-state index is 0.186. The number of rotatable bonds is 2. The number of hydrogen-bond donors (Lipinski definition) is 1. The first kappa shape index (κ1) is 14.5. The number of hydrogen-bond acceptors (Lipinski definition) is 4. The van der Waals surface area contributed by atoms with E-state index in [0.717, 1.165) is 6.26 Å². The van der Waals surface area contributed by atoms with Crippen molar-refractivity contribution < 1.29 is 18.0 Å². The Hall–Kier alpha value is -1.89. The second kappa shape index (κ2) is 4.59. The van der Waals surface area contributed by atoms with Crippen molar-refractivity contribution in [2.45, 2.75) is 18.6 Å². The van der Waals surface area contributed by atoms with E-state index in [0.29, 0.717) is 11.4 Å². The Morgan fingerprint density at radius 2 is 1.90 bits per heavy atom. The Balaban J connectivity index is 2.49. The summed E-state index contributed by atoms with van der Waals surface area (Å²) in [5, 5.41) is 2.65. The second-order valence-electron chi connectivity index (χ2n) is 5.24. The van der Waals surface area contributed by atoms with Crippen LogP contribution in [0.25, 0.3) is 0 Å². The minimum atomic E-state index is -3.59.